The van der Waals surface area contributed by atoms with Gasteiger partial charge in [-0.15, -0.1) is 0 Å². The van der Waals surface area contributed by atoms with Crippen LogP contribution in [0.25, 0.3) is 11.1 Å². The van der Waals surface area contributed by atoms with Crippen LogP contribution in [0.5, 0.6) is 11.5 Å². The largest absolute Gasteiger partial charge is 0.496 e. The molecular weight excluding hydrogens is 307 g/mol. The van der Waals surface area contributed by atoms with Crippen molar-refractivity contribution in [3.05, 3.63) is 46.8 Å². The highest BCUT2D eigenvalue weighted by Gasteiger charge is 2.28. The van der Waals surface area contributed by atoms with E-state index in [1.54, 1.807) is 6.92 Å². The Morgan fingerprint density at radius 3 is 1.59 bits per heavy atom. The van der Waals surface area contributed by atoms with Gasteiger partial charge in [-0.3, -0.25) is 0 Å². The molecule has 0 aliphatic rings. The molecule has 7 heteroatoms. The molecule has 0 atom stereocenters. The van der Waals surface area contributed by atoms with E-state index in [9.17, 15) is 22.0 Å². The molecule has 2 aromatic rings. The molecule has 22 heavy (non-hydrogen) atoms. The van der Waals surface area contributed by atoms with Gasteiger partial charge in [0, 0.05) is 11.6 Å². The van der Waals surface area contributed by atoms with Crippen LogP contribution in [0.3, 0.4) is 0 Å². The molecule has 0 saturated heterocycles. The number of methoxy groups -OCH3 is 2. The van der Waals surface area contributed by atoms with Crippen LogP contribution in [0.4, 0.5) is 22.0 Å². The zero-order chi connectivity index (χ0) is 16.6. The Kier molecular flexibility index (Phi) is 4.25. The standard InChI is InChI=1S/C15H11F5O2/c1-6-4-7(9(22-3)5-8(6)21-2)10-11(16)13(18)15(20)14(19)12(10)17/h4-5H,1-3H3. The molecule has 2 aromatic carbocycles. The highest BCUT2D eigenvalue weighted by molar-refractivity contribution is 5.74. The minimum absolute atomic E-state index is 0.0781. The summed E-state index contributed by atoms with van der Waals surface area (Å²) in [6.45, 7) is 1.56. The highest BCUT2D eigenvalue weighted by atomic mass is 19.2. The topological polar surface area (TPSA) is 18.5 Å². The summed E-state index contributed by atoms with van der Waals surface area (Å²) < 4.78 is 77.6. The van der Waals surface area contributed by atoms with Crippen LogP contribution in [0.2, 0.25) is 0 Å². The first-order valence-electron chi connectivity index (χ1n) is 6.07. The molecule has 2 rings (SSSR count). The number of aryl methyl sites for hydroxylation is 1. The van der Waals surface area contributed by atoms with Gasteiger partial charge in [0.05, 0.1) is 19.8 Å². The van der Waals surface area contributed by atoms with E-state index in [1.807, 2.05) is 0 Å². The fourth-order valence-electron chi connectivity index (χ4n) is 2.09. The smallest absolute Gasteiger partial charge is 0.200 e. The Hall–Kier alpha value is -2.31. The Morgan fingerprint density at radius 1 is 0.682 bits per heavy atom. The second kappa shape index (κ2) is 5.82. The zero-order valence-corrected chi connectivity index (χ0v) is 11.9. The Morgan fingerprint density at radius 2 is 1.14 bits per heavy atom. The summed E-state index contributed by atoms with van der Waals surface area (Å²) in [6.07, 6.45) is 0. The molecule has 0 heterocycles. The van der Waals surface area contributed by atoms with Crippen molar-refractivity contribution in [3.63, 3.8) is 0 Å². The second-order valence-corrected chi connectivity index (χ2v) is 4.47. The van der Waals surface area contributed by atoms with Gasteiger partial charge >= 0.3 is 0 Å². The summed E-state index contributed by atoms with van der Waals surface area (Å²) in [6, 6.07) is 2.54. The molecule has 2 nitrogen and oxygen atoms in total. The fourth-order valence-corrected chi connectivity index (χ4v) is 2.09. The third-order valence-corrected chi connectivity index (χ3v) is 3.20. The van der Waals surface area contributed by atoms with E-state index in [-0.39, 0.29) is 11.3 Å². The molecule has 0 aliphatic heterocycles. The Balaban J connectivity index is 2.85. The van der Waals surface area contributed by atoms with E-state index in [0.717, 1.165) is 0 Å². The predicted octanol–water partition coefficient (Wildman–Crippen LogP) is 4.37. The molecule has 0 aliphatic carbocycles. The molecule has 0 amide bonds. The van der Waals surface area contributed by atoms with E-state index in [0.29, 0.717) is 11.3 Å². The van der Waals surface area contributed by atoms with Crippen molar-refractivity contribution in [1.29, 1.82) is 0 Å². The molecule has 0 spiro atoms. The van der Waals surface area contributed by atoms with Crippen molar-refractivity contribution >= 4 is 0 Å². The van der Waals surface area contributed by atoms with Crippen molar-refractivity contribution < 1.29 is 31.4 Å². The van der Waals surface area contributed by atoms with Crippen molar-refractivity contribution in [1.82, 2.24) is 0 Å². The van der Waals surface area contributed by atoms with Crippen molar-refractivity contribution in [2.45, 2.75) is 6.92 Å². The molecule has 0 unspecified atom stereocenters. The maximum Gasteiger partial charge on any atom is 0.200 e. The molecule has 0 saturated carbocycles. The molecular formula is C15H11F5O2. The average Bonchev–Trinajstić information content (AvgIpc) is 2.51. The van der Waals surface area contributed by atoms with Gasteiger partial charge in [-0.1, -0.05) is 0 Å². The molecule has 0 radical (unpaired) electrons. The maximum absolute atomic E-state index is 13.9. The lowest BCUT2D eigenvalue weighted by atomic mass is 9.99. The van der Waals surface area contributed by atoms with E-state index in [2.05, 4.69) is 0 Å². The summed E-state index contributed by atoms with van der Waals surface area (Å²) in [5.41, 5.74) is -0.852. The van der Waals surface area contributed by atoms with E-state index in [1.165, 1.54) is 26.4 Å². The first-order valence-corrected chi connectivity index (χ1v) is 6.07. The van der Waals surface area contributed by atoms with Gasteiger partial charge in [-0.2, -0.15) is 0 Å². The van der Waals surface area contributed by atoms with Crippen LogP contribution in [0.15, 0.2) is 12.1 Å². The Labute approximate surface area is 123 Å². The fraction of sp³-hybridized carbons (Fsp3) is 0.200. The van der Waals surface area contributed by atoms with Gasteiger partial charge in [0.2, 0.25) is 5.82 Å². The van der Waals surface area contributed by atoms with Gasteiger partial charge in [-0.25, -0.2) is 22.0 Å². The van der Waals surface area contributed by atoms with Gasteiger partial charge in [0.25, 0.3) is 0 Å². The number of hydrogen-bond acceptors (Lipinski definition) is 2. The lowest BCUT2D eigenvalue weighted by molar-refractivity contribution is 0.378. The quantitative estimate of drug-likeness (QED) is 0.475. The molecule has 0 bridgehead atoms. The third kappa shape index (κ3) is 2.36. The summed E-state index contributed by atoms with van der Waals surface area (Å²) in [4.78, 5) is 0. The molecule has 0 fully saturated rings. The predicted molar refractivity (Wildman–Crippen MR) is 69.5 cm³/mol. The summed E-state index contributed by atoms with van der Waals surface area (Å²) in [7, 11) is 2.58. The van der Waals surface area contributed by atoms with Crippen LogP contribution >= 0.6 is 0 Å². The highest BCUT2D eigenvalue weighted by Crippen LogP contribution is 2.40. The molecule has 0 aromatic heterocycles. The summed E-state index contributed by atoms with van der Waals surface area (Å²) >= 11 is 0. The second-order valence-electron chi connectivity index (χ2n) is 4.47. The van der Waals surface area contributed by atoms with Crippen LogP contribution < -0.4 is 9.47 Å². The van der Waals surface area contributed by atoms with E-state index < -0.39 is 34.6 Å². The summed E-state index contributed by atoms with van der Waals surface area (Å²) in [5.74, 6) is -9.79. The first kappa shape index (κ1) is 16.1. The van der Waals surface area contributed by atoms with Crippen molar-refractivity contribution in [2.24, 2.45) is 0 Å². The normalized spacial score (nSPS) is 10.7. The van der Waals surface area contributed by atoms with Gasteiger partial charge < -0.3 is 9.47 Å². The van der Waals surface area contributed by atoms with Gasteiger partial charge in [-0.05, 0) is 18.6 Å². The molecule has 0 N–H and O–H groups in total. The number of hydrogen-bond donors (Lipinski definition) is 0. The van der Waals surface area contributed by atoms with Crippen LogP contribution in [0.1, 0.15) is 5.56 Å². The van der Waals surface area contributed by atoms with Crippen molar-refractivity contribution in [3.8, 4) is 22.6 Å². The zero-order valence-electron chi connectivity index (χ0n) is 11.9. The number of ether oxygens (including phenoxy) is 2. The van der Waals surface area contributed by atoms with E-state index >= 15 is 0 Å². The first-order chi connectivity index (χ1) is 10.3. The lowest BCUT2D eigenvalue weighted by Gasteiger charge is -2.15. The van der Waals surface area contributed by atoms with Gasteiger partial charge in [0.15, 0.2) is 23.3 Å². The van der Waals surface area contributed by atoms with Crippen LogP contribution in [-0.4, -0.2) is 14.2 Å². The van der Waals surface area contributed by atoms with Crippen LogP contribution in [0, 0.1) is 36.0 Å². The average molecular weight is 318 g/mol. The summed E-state index contributed by atoms with van der Waals surface area (Å²) in [5, 5.41) is 0. The number of rotatable bonds is 3. The lowest BCUT2D eigenvalue weighted by Crippen LogP contribution is -2.05. The van der Waals surface area contributed by atoms with Crippen LogP contribution in [-0.2, 0) is 0 Å². The minimum atomic E-state index is -2.21. The maximum atomic E-state index is 13.9. The third-order valence-electron chi connectivity index (χ3n) is 3.20. The van der Waals surface area contributed by atoms with Gasteiger partial charge in [0.1, 0.15) is 11.5 Å². The minimum Gasteiger partial charge on any atom is -0.496 e. The Bertz CT molecular complexity index is 714. The SMILES string of the molecule is COc1cc(OC)c(-c2c(F)c(F)c(F)c(F)c2F)cc1C. The van der Waals surface area contributed by atoms with E-state index in [4.69, 9.17) is 9.47 Å². The van der Waals surface area contributed by atoms with Crippen molar-refractivity contribution in [2.75, 3.05) is 14.2 Å². The number of benzene rings is 2. The monoisotopic (exact) mass is 318 g/mol. The number of halogens is 5. The molecule has 118 valence electrons.